The van der Waals surface area contributed by atoms with Gasteiger partial charge in [0.05, 0.1) is 17.4 Å². The predicted octanol–water partition coefficient (Wildman–Crippen LogP) is 5.51. The number of anilines is 3. The van der Waals surface area contributed by atoms with Gasteiger partial charge in [-0.3, -0.25) is 9.78 Å². The van der Waals surface area contributed by atoms with E-state index in [1.54, 1.807) is 18.5 Å². The maximum atomic E-state index is 12.4. The van der Waals surface area contributed by atoms with E-state index in [0.29, 0.717) is 11.5 Å². The standard InChI is InChI=1S/C22H23N3O/c1-15(2)17-6-10-19(11-7-17)24-21-12-18(13-23-14-21)22(26)25-20-8-4-16(3)5-9-20/h4-15,24H,1-3H3,(H,25,26). The van der Waals surface area contributed by atoms with Crippen LogP contribution in [0.4, 0.5) is 17.1 Å². The summed E-state index contributed by atoms with van der Waals surface area (Å²) in [6.45, 7) is 6.35. The van der Waals surface area contributed by atoms with Crippen molar-refractivity contribution < 1.29 is 4.79 Å². The molecule has 0 aliphatic heterocycles. The summed E-state index contributed by atoms with van der Waals surface area (Å²) in [5.74, 6) is 0.319. The largest absolute Gasteiger partial charge is 0.354 e. The Kier molecular flexibility index (Phi) is 5.32. The number of nitrogens with one attached hydrogen (secondary N) is 2. The quantitative estimate of drug-likeness (QED) is 0.641. The number of pyridine rings is 1. The lowest BCUT2D eigenvalue weighted by molar-refractivity contribution is 0.102. The number of nitrogens with zero attached hydrogens (tertiary/aromatic N) is 1. The van der Waals surface area contributed by atoms with Crippen LogP contribution in [0.2, 0.25) is 0 Å². The van der Waals surface area contributed by atoms with Gasteiger partial charge in [-0.2, -0.15) is 0 Å². The topological polar surface area (TPSA) is 54.0 Å². The van der Waals surface area contributed by atoms with Gasteiger partial charge in [-0.1, -0.05) is 43.7 Å². The number of aryl methyl sites for hydroxylation is 1. The van der Waals surface area contributed by atoms with Gasteiger partial charge in [0, 0.05) is 17.6 Å². The lowest BCUT2D eigenvalue weighted by Crippen LogP contribution is -2.12. The molecular formula is C22H23N3O. The Morgan fingerprint density at radius 3 is 2.19 bits per heavy atom. The normalized spacial score (nSPS) is 10.6. The molecule has 0 atom stereocenters. The highest BCUT2D eigenvalue weighted by Gasteiger charge is 2.08. The van der Waals surface area contributed by atoms with Crippen molar-refractivity contribution in [2.45, 2.75) is 26.7 Å². The summed E-state index contributed by atoms with van der Waals surface area (Å²) >= 11 is 0. The van der Waals surface area contributed by atoms with Crippen LogP contribution in [0.25, 0.3) is 0 Å². The van der Waals surface area contributed by atoms with Gasteiger partial charge >= 0.3 is 0 Å². The highest BCUT2D eigenvalue weighted by Crippen LogP contribution is 2.21. The lowest BCUT2D eigenvalue weighted by Gasteiger charge is -2.10. The minimum atomic E-state index is -0.180. The van der Waals surface area contributed by atoms with Crippen molar-refractivity contribution in [3.8, 4) is 0 Å². The van der Waals surface area contributed by atoms with E-state index in [0.717, 1.165) is 22.6 Å². The minimum absolute atomic E-state index is 0.180. The van der Waals surface area contributed by atoms with Crippen LogP contribution >= 0.6 is 0 Å². The minimum Gasteiger partial charge on any atom is -0.354 e. The molecule has 2 aromatic carbocycles. The molecule has 0 unspecified atom stereocenters. The molecule has 0 saturated carbocycles. The molecule has 26 heavy (non-hydrogen) atoms. The third-order valence-electron chi connectivity index (χ3n) is 4.18. The van der Waals surface area contributed by atoms with Crippen molar-refractivity contribution in [1.82, 2.24) is 4.98 Å². The average molecular weight is 345 g/mol. The summed E-state index contributed by atoms with van der Waals surface area (Å²) < 4.78 is 0. The smallest absolute Gasteiger partial charge is 0.257 e. The number of aromatic nitrogens is 1. The zero-order chi connectivity index (χ0) is 18.5. The lowest BCUT2D eigenvalue weighted by atomic mass is 10.0. The molecule has 0 bridgehead atoms. The number of amides is 1. The van der Waals surface area contributed by atoms with Gasteiger partial charge in [-0.25, -0.2) is 0 Å². The first-order valence-corrected chi connectivity index (χ1v) is 8.71. The number of benzene rings is 2. The number of carbonyl (C=O) groups excluding carboxylic acids is 1. The van der Waals surface area contributed by atoms with Gasteiger partial charge < -0.3 is 10.6 Å². The van der Waals surface area contributed by atoms with Crippen LogP contribution in [-0.2, 0) is 0 Å². The van der Waals surface area contributed by atoms with Crippen molar-refractivity contribution in [2.24, 2.45) is 0 Å². The Hall–Kier alpha value is -3.14. The van der Waals surface area contributed by atoms with Crippen LogP contribution in [-0.4, -0.2) is 10.9 Å². The molecule has 0 saturated heterocycles. The van der Waals surface area contributed by atoms with Gasteiger partial charge in [0.2, 0.25) is 0 Å². The molecule has 0 aliphatic carbocycles. The van der Waals surface area contributed by atoms with Crippen LogP contribution in [0.15, 0.2) is 67.0 Å². The fourth-order valence-corrected chi connectivity index (χ4v) is 2.59. The predicted molar refractivity (Wildman–Crippen MR) is 107 cm³/mol. The van der Waals surface area contributed by atoms with Gasteiger partial charge in [-0.15, -0.1) is 0 Å². The molecule has 132 valence electrons. The molecule has 4 heteroatoms. The van der Waals surface area contributed by atoms with E-state index < -0.39 is 0 Å². The van der Waals surface area contributed by atoms with Gasteiger partial charge in [0.15, 0.2) is 0 Å². The third-order valence-corrected chi connectivity index (χ3v) is 4.18. The first-order valence-electron chi connectivity index (χ1n) is 8.71. The zero-order valence-corrected chi connectivity index (χ0v) is 15.3. The number of rotatable bonds is 5. The average Bonchev–Trinajstić information content (AvgIpc) is 2.64. The molecule has 2 N–H and O–H groups in total. The van der Waals surface area contributed by atoms with Crippen LogP contribution in [0, 0.1) is 6.92 Å². The first kappa shape index (κ1) is 17.7. The fraction of sp³-hybridized carbons (Fsp3) is 0.182. The van der Waals surface area contributed by atoms with Crippen molar-refractivity contribution in [1.29, 1.82) is 0 Å². The van der Waals surface area contributed by atoms with Gasteiger partial charge in [0.1, 0.15) is 0 Å². The molecule has 3 aromatic rings. The monoisotopic (exact) mass is 345 g/mol. The van der Waals surface area contributed by atoms with Crippen molar-refractivity contribution >= 4 is 23.0 Å². The zero-order valence-electron chi connectivity index (χ0n) is 15.3. The molecule has 1 heterocycles. The molecule has 0 radical (unpaired) electrons. The number of hydrogen-bond donors (Lipinski definition) is 2. The molecule has 3 rings (SSSR count). The van der Waals surface area contributed by atoms with Crippen LogP contribution in [0.1, 0.15) is 41.3 Å². The second-order valence-corrected chi connectivity index (χ2v) is 6.68. The summed E-state index contributed by atoms with van der Waals surface area (Å²) in [6, 6.07) is 17.8. The number of carbonyl (C=O) groups is 1. The fourth-order valence-electron chi connectivity index (χ4n) is 2.59. The van der Waals surface area contributed by atoms with Gasteiger partial charge in [-0.05, 0) is 48.7 Å². The van der Waals surface area contributed by atoms with E-state index >= 15 is 0 Å². The van der Waals surface area contributed by atoms with E-state index in [1.807, 2.05) is 43.3 Å². The van der Waals surface area contributed by atoms with Gasteiger partial charge in [0.25, 0.3) is 5.91 Å². The molecular weight excluding hydrogens is 322 g/mol. The Morgan fingerprint density at radius 1 is 0.885 bits per heavy atom. The summed E-state index contributed by atoms with van der Waals surface area (Å²) in [5.41, 5.74) is 5.46. The van der Waals surface area contributed by atoms with Crippen molar-refractivity contribution in [3.05, 3.63) is 83.7 Å². The molecule has 1 amide bonds. The summed E-state index contributed by atoms with van der Waals surface area (Å²) in [5, 5.41) is 6.18. The second kappa shape index (κ2) is 7.83. The summed E-state index contributed by atoms with van der Waals surface area (Å²) in [4.78, 5) is 16.6. The molecule has 0 aliphatic rings. The van der Waals surface area contributed by atoms with Crippen molar-refractivity contribution in [2.75, 3.05) is 10.6 Å². The summed E-state index contributed by atoms with van der Waals surface area (Å²) in [7, 11) is 0. The maximum absolute atomic E-state index is 12.4. The van der Waals surface area contributed by atoms with E-state index in [9.17, 15) is 4.79 Å². The Labute approximate surface area is 154 Å². The first-order chi connectivity index (χ1) is 12.5. The van der Waals surface area contributed by atoms with E-state index in [2.05, 4.69) is 41.6 Å². The number of hydrogen-bond acceptors (Lipinski definition) is 3. The molecule has 4 nitrogen and oxygen atoms in total. The Morgan fingerprint density at radius 2 is 1.54 bits per heavy atom. The van der Waals surface area contributed by atoms with Crippen molar-refractivity contribution in [3.63, 3.8) is 0 Å². The highest BCUT2D eigenvalue weighted by atomic mass is 16.1. The highest BCUT2D eigenvalue weighted by molar-refractivity contribution is 6.04. The summed E-state index contributed by atoms with van der Waals surface area (Å²) in [6.07, 6.45) is 3.27. The Bertz CT molecular complexity index is 884. The third kappa shape index (κ3) is 4.48. The van der Waals surface area contributed by atoms with E-state index in [1.165, 1.54) is 5.56 Å². The van der Waals surface area contributed by atoms with Crippen LogP contribution in [0.3, 0.4) is 0 Å². The maximum Gasteiger partial charge on any atom is 0.257 e. The molecule has 1 aromatic heterocycles. The van der Waals surface area contributed by atoms with E-state index in [4.69, 9.17) is 0 Å². The van der Waals surface area contributed by atoms with Crippen LogP contribution < -0.4 is 10.6 Å². The van der Waals surface area contributed by atoms with Crippen LogP contribution in [0.5, 0.6) is 0 Å². The molecule has 0 fully saturated rings. The molecule has 0 spiro atoms. The SMILES string of the molecule is Cc1ccc(NC(=O)c2cncc(Nc3ccc(C(C)C)cc3)c2)cc1. The Balaban J connectivity index is 1.71. The van der Waals surface area contributed by atoms with E-state index in [-0.39, 0.29) is 5.91 Å². The second-order valence-electron chi connectivity index (χ2n) is 6.68.